The number of rotatable bonds is 9. The van der Waals surface area contributed by atoms with Crippen LogP contribution in [0.2, 0.25) is 0 Å². The van der Waals surface area contributed by atoms with Crippen molar-refractivity contribution in [3.8, 4) is 10.6 Å². The summed E-state index contributed by atoms with van der Waals surface area (Å²) in [6, 6.07) is 16.6. The number of aliphatic hydroxyl groups excluding tert-OH is 1. The molecule has 0 spiro atoms. The van der Waals surface area contributed by atoms with Gasteiger partial charge < -0.3 is 19.6 Å². The molecule has 188 valence electrons. The Labute approximate surface area is 215 Å². The Morgan fingerprint density at radius 2 is 1.81 bits per heavy atom. The number of nitrogens with zero attached hydrogens (tertiary/aromatic N) is 3. The zero-order valence-electron chi connectivity index (χ0n) is 21.2. The van der Waals surface area contributed by atoms with E-state index in [1.807, 2.05) is 87.4 Å². The average molecular weight is 506 g/mol. The van der Waals surface area contributed by atoms with Crippen LogP contribution in [0.3, 0.4) is 0 Å². The molecule has 0 saturated carbocycles. The molecule has 0 fully saturated rings. The number of anilines is 1. The van der Waals surface area contributed by atoms with Crippen molar-refractivity contribution in [2.24, 2.45) is 0 Å². The number of carbonyl (C=O) groups is 2. The predicted octanol–water partition coefficient (Wildman–Crippen LogP) is 5.19. The van der Waals surface area contributed by atoms with E-state index in [0.29, 0.717) is 17.2 Å². The Bertz CT molecular complexity index is 1280. The van der Waals surface area contributed by atoms with Crippen LogP contribution in [-0.2, 0) is 9.53 Å². The number of benzene rings is 2. The molecule has 2 heterocycles. The summed E-state index contributed by atoms with van der Waals surface area (Å²) < 4.78 is 5.68. The molecule has 7 nitrogen and oxygen atoms in total. The highest BCUT2D eigenvalue weighted by Gasteiger charge is 2.44. The van der Waals surface area contributed by atoms with Crippen LogP contribution in [0.5, 0.6) is 0 Å². The van der Waals surface area contributed by atoms with Crippen molar-refractivity contribution in [2.45, 2.75) is 32.9 Å². The van der Waals surface area contributed by atoms with Gasteiger partial charge in [-0.1, -0.05) is 42.5 Å². The molecule has 1 unspecified atom stereocenters. The van der Waals surface area contributed by atoms with E-state index in [2.05, 4.69) is 4.98 Å². The van der Waals surface area contributed by atoms with Gasteiger partial charge in [0.25, 0.3) is 5.91 Å². The molecular weight excluding hydrogens is 474 g/mol. The van der Waals surface area contributed by atoms with Crippen LogP contribution in [0, 0.1) is 6.92 Å². The topological polar surface area (TPSA) is 83.0 Å². The van der Waals surface area contributed by atoms with Crippen molar-refractivity contribution in [3.63, 3.8) is 0 Å². The molecule has 4 rings (SSSR count). The molecule has 3 aromatic rings. The van der Waals surface area contributed by atoms with Crippen LogP contribution >= 0.6 is 11.3 Å². The maximum atomic E-state index is 13.9. The number of carbonyl (C=O) groups excluding carboxylic acids is 2. The van der Waals surface area contributed by atoms with Gasteiger partial charge in [0.05, 0.1) is 34.9 Å². The molecule has 2 aromatic carbocycles. The first-order chi connectivity index (χ1) is 17.2. The van der Waals surface area contributed by atoms with E-state index in [1.165, 1.54) is 16.2 Å². The third-order valence-corrected chi connectivity index (χ3v) is 7.29. The lowest BCUT2D eigenvalue weighted by molar-refractivity contribution is -0.130. The maximum Gasteiger partial charge on any atom is 0.290 e. The minimum atomic E-state index is -0.723. The van der Waals surface area contributed by atoms with Crippen LogP contribution in [0.15, 0.2) is 65.9 Å². The van der Waals surface area contributed by atoms with E-state index in [4.69, 9.17) is 4.74 Å². The first-order valence-electron chi connectivity index (χ1n) is 11.9. The number of hydrogen-bond acceptors (Lipinski definition) is 7. The van der Waals surface area contributed by atoms with Crippen molar-refractivity contribution < 1.29 is 19.4 Å². The Balaban J connectivity index is 1.74. The van der Waals surface area contributed by atoms with E-state index in [1.54, 1.807) is 6.92 Å². The summed E-state index contributed by atoms with van der Waals surface area (Å²) in [4.78, 5) is 35.6. The van der Waals surface area contributed by atoms with Crippen molar-refractivity contribution in [1.29, 1.82) is 0 Å². The molecule has 0 radical (unpaired) electrons. The van der Waals surface area contributed by atoms with Crippen LogP contribution in [-0.4, -0.2) is 60.0 Å². The maximum absolute atomic E-state index is 13.9. The molecule has 1 aliphatic rings. The molecular formula is C28H31N3O4S. The molecule has 1 aromatic heterocycles. The van der Waals surface area contributed by atoms with Crippen LogP contribution in [0.4, 0.5) is 5.69 Å². The lowest BCUT2D eigenvalue weighted by atomic mass is 9.95. The number of thiazole rings is 1. The van der Waals surface area contributed by atoms with Gasteiger partial charge in [0.1, 0.15) is 5.01 Å². The van der Waals surface area contributed by atoms with Crippen LogP contribution < -0.4 is 4.90 Å². The highest BCUT2D eigenvalue weighted by atomic mass is 32.1. The molecule has 1 amide bonds. The molecule has 1 atom stereocenters. The van der Waals surface area contributed by atoms with E-state index in [9.17, 15) is 14.7 Å². The van der Waals surface area contributed by atoms with E-state index < -0.39 is 17.7 Å². The van der Waals surface area contributed by atoms with E-state index in [0.717, 1.165) is 21.8 Å². The summed E-state index contributed by atoms with van der Waals surface area (Å²) in [5.41, 5.74) is 3.29. The number of aryl methyl sites for hydroxylation is 1. The fourth-order valence-corrected chi connectivity index (χ4v) is 5.26. The van der Waals surface area contributed by atoms with Crippen molar-refractivity contribution in [2.75, 3.05) is 32.1 Å². The van der Waals surface area contributed by atoms with Gasteiger partial charge in [-0.05, 0) is 38.5 Å². The van der Waals surface area contributed by atoms with Gasteiger partial charge in [-0.25, -0.2) is 4.98 Å². The van der Waals surface area contributed by atoms with E-state index in [-0.39, 0.29) is 24.0 Å². The Hall–Kier alpha value is -3.49. The molecule has 1 N–H and O–H groups in total. The summed E-state index contributed by atoms with van der Waals surface area (Å²) in [5, 5.41) is 11.7. The minimum absolute atomic E-state index is 0.000520. The molecule has 0 saturated heterocycles. The fourth-order valence-electron chi connectivity index (χ4n) is 4.24. The van der Waals surface area contributed by atoms with Gasteiger partial charge in [-0.2, -0.15) is 0 Å². The normalized spacial score (nSPS) is 15.8. The molecule has 1 aliphatic heterocycles. The number of aliphatic hydroxyl groups is 1. The predicted molar refractivity (Wildman–Crippen MR) is 143 cm³/mol. The SMILES string of the molecule is Cc1nc(-c2ccccc2)sc1C(=O)C1=C(O)C(=O)N(CCOC(C)C)C1c1ccc(N(C)C)cc1. The van der Waals surface area contributed by atoms with E-state index >= 15 is 0 Å². The Morgan fingerprint density at radius 3 is 2.42 bits per heavy atom. The fraction of sp³-hybridized carbons (Fsp3) is 0.321. The van der Waals surface area contributed by atoms with Gasteiger partial charge in [-0.3, -0.25) is 9.59 Å². The van der Waals surface area contributed by atoms with Crippen molar-refractivity contribution in [1.82, 2.24) is 9.88 Å². The molecule has 8 heteroatoms. The second-order valence-corrected chi connectivity index (χ2v) is 10.2. The van der Waals surface area contributed by atoms with Gasteiger partial charge >= 0.3 is 0 Å². The number of hydrogen-bond donors (Lipinski definition) is 1. The smallest absolute Gasteiger partial charge is 0.290 e. The first-order valence-corrected chi connectivity index (χ1v) is 12.7. The quantitative estimate of drug-likeness (QED) is 0.403. The largest absolute Gasteiger partial charge is 0.503 e. The minimum Gasteiger partial charge on any atom is -0.503 e. The summed E-state index contributed by atoms with van der Waals surface area (Å²) >= 11 is 1.27. The number of aromatic nitrogens is 1. The van der Waals surface area contributed by atoms with Gasteiger partial charge in [0.2, 0.25) is 5.78 Å². The number of Topliss-reactive ketones (excluding diaryl/α,β-unsaturated/α-hetero) is 1. The highest BCUT2D eigenvalue weighted by molar-refractivity contribution is 7.17. The summed E-state index contributed by atoms with van der Waals surface area (Å²) in [5.74, 6) is -1.47. The Kier molecular flexibility index (Phi) is 7.56. The second-order valence-electron chi connectivity index (χ2n) is 9.20. The summed E-state index contributed by atoms with van der Waals surface area (Å²) in [6.07, 6.45) is -0.000520. The standard InChI is InChI=1S/C28H31N3O4S/c1-17(2)35-16-15-31-23(19-11-13-21(14-12-19)30(4)5)22(25(33)28(31)34)24(32)26-18(3)29-27(36-26)20-9-7-6-8-10-20/h6-14,17,23,33H,15-16H2,1-5H3. The number of amides is 1. The summed E-state index contributed by atoms with van der Waals surface area (Å²) in [6.45, 7) is 6.16. The monoisotopic (exact) mass is 505 g/mol. The third-order valence-electron chi connectivity index (χ3n) is 6.08. The highest BCUT2D eigenvalue weighted by Crippen LogP contribution is 2.41. The molecule has 36 heavy (non-hydrogen) atoms. The third kappa shape index (κ3) is 5.05. The van der Waals surface area contributed by atoms with Crippen molar-refractivity contribution in [3.05, 3.63) is 82.1 Å². The Morgan fingerprint density at radius 1 is 1.14 bits per heavy atom. The number of ether oxygens (including phenoxy) is 1. The number of ketones is 1. The van der Waals surface area contributed by atoms with Gasteiger partial charge in [0, 0.05) is 31.9 Å². The summed E-state index contributed by atoms with van der Waals surface area (Å²) in [7, 11) is 3.89. The van der Waals surface area contributed by atoms with Crippen LogP contribution in [0.25, 0.3) is 10.6 Å². The van der Waals surface area contributed by atoms with Crippen LogP contribution in [0.1, 0.15) is 40.8 Å². The zero-order chi connectivity index (χ0) is 26.0. The average Bonchev–Trinajstić information content (AvgIpc) is 3.37. The molecule has 0 aliphatic carbocycles. The van der Waals surface area contributed by atoms with Gasteiger partial charge in [-0.15, -0.1) is 11.3 Å². The molecule has 0 bridgehead atoms. The lowest BCUT2D eigenvalue weighted by Crippen LogP contribution is -2.34. The second kappa shape index (κ2) is 10.6. The zero-order valence-corrected chi connectivity index (χ0v) is 22.0. The van der Waals surface area contributed by atoms with Crippen molar-refractivity contribution >= 4 is 28.7 Å². The lowest BCUT2D eigenvalue weighted by Gasteiger charge is -2.27. The van der Waals surface area contributed by atoms with Gasteiger partial charge in [0.15, 0.2) is 5.76 Å². The first kappa shape index (κ1) is 25.6.